The van der Waals surface area contributed by atoms with Crippen molar-refractivity contribution in [3.8, 4) is 11.8 Å². The zero-order valence-corrected chi connectivity index (χ0v) is 10.6. The molecule has 0 heterocycles. The van der Waals surface area contributed by atoms with Crippen LogP contribution in [0.4, 0.5) is 4.79 Å². The topological polar surface area (TPSA) is 75.6 Å². The maximum Gasteiger partial charge on any atom is 0.408 e. The Hall–Kier alpha value is -2.48. The minimum absolute atomic E-state index is 0.0479. The van der Waals surface area contributed by atoms with Crippen LogP contribution in [0.2, 0.25) is 0 Å². The summed E-state index contributed by atoms with van der Waals surface area (Å²) in [7, 11) is 0. The van der Waals surface area contributed by atoms with Gasteiger partial charge < -0.3 is 15.2 Å². The number of benzene rings is 1. The lowest BCUT2D eigenvalue weighted by Gasteiger charge is -2.12. The quantitative estimate of drug-likeness (QED) is 0.792. The normalized spacial score (nSPS) is 10.8. The molecule has 100 valence electrons. The van der Waals surface area contributed by atoms with Crippen LogP contribution in [0.5, 0.6) is 0 Å². The third-order valence-corrected chi connectivity index (χ3v) is 2.29. The van der Waals surface area contributed by atoms with Gasteiger partial charge in [-0.2, -0.15) is 0 Å². The number of aliphatic carboxylic acids is 1. The highest BCUT2D eigenvalue weighted by Crippen LogP contribution is 2.01. The number of amides is 1. The van der Waals surface area contributed by atoms with Crippen molar-refractivity contribution in [3.63, 3.8) is 0 Å². The molecular weight excluding hydrogens is 246 g/mol. The van der Waals surface area contributed by atoms with E-state index in [0.29, 0.717) is 0 Å². The molecule has 1 amide bonds. The van der Waals surface area contributed by atoms with Crippen molar-refractivity contribution in [1.29, 1.82) is 0 Å². The van der Waals surface area contributed by atoms with Crippen LogP contribution in [-0.2, 0) is 16.1 Å². The SMILES string of the molecule is CC#CC[C@H](NC(=O)OCc1ccccc1)C(=O)O. The third-order valence-electron chi connectivity index (χ3n) is 2.29. The van der Waals surface area contributed by atoms with Gasteiger partial charge in [0, 0.05) is 6.42 Å². The van der Waals surface area contributed by atoms with Crippen molar-refractivity contribution >= 4 is 12.1 Å². The number of hydrogen-bond acceptors (Lipinski definition) is 3. The van der Waals surface area contributed by atoms with Gasteiger partial charge in [0.05, 0.1) is 0 Å². The fraction of sp³-hybridized carbons (Fsp3) is 0.286. The number of ether oxygens (including phenoxy) is 1. The minimum atomic E-state index is -1.14. The lowest BCUT2D eigenvalue weighted by molar-refractivity contribution is -0.139. The van der Waals surface area contributed by atoms with Crippen molar-refractivity contribution in [2.75, 3.05) is 0 Å². The Morgan fingerprint density at radius 2 is 2.05 bits per heavy atom. The first kappa shape index (κ1) is 14.6. The van der Waals surface area contributed by atoms with E-state index in [1.807, 2.05) is 30.3 Å². The van der Waals surface area contributed by atoms with Crippen LogP contribution in [0.3, 0.4) is 0 Å². The van der Waals surface area contributed by atoms with Crippen molar-refractivity contribution in [2.24, 2.45) is 0 Å². The van der Waals surface area contributed by atoms with E-state index in [0.717, 1.165) is 5.56 Å². The van der Waals surface area contributed by atoms with Crippen LogP contribution in [0.25, 0.3) is 0 Å². The van der Waals surface area contributed by atoms with E-state index in [1.165, 1.54) is 0 Å². The second kappa shape index (κ2) is 7.77. The molecule has 1 rings (SSSR count). The van der Waals surface area contributed by atoms with Crippen LogP contribution in [0.1, 0.15) is 18.9 Å². The van der Waals surface area contributed by atoms with Gasteiger partial charge in [-0.3, -0.25) is 0 Å². The lowest BCUT2D eigenvalue weighted by Crippen LogP contribution is -2.40. The first-order valence-corrected chi connectivity index (χ1v) is 5.73. The van der Waals surface area contributed by atoms with Crippen molar-refractivity contribution in [1.82, 2.24) is 5.32 Å². The number of carbonyl (C=O) groups excluding carboxylic acids is 1. The Morgan fingerprint density at radius 1 is 1.37 bits per heavy atom. The van der Waals surface area contributed by atoms with E-state index in [9.17, 15) is 9.59 Å². The average Bonchev–Trinajstić information content (AvgIpc) is 2.42. The summed E-state index contributed by atoms with van der Waals surface area (Å²) in [5.74, 6) is 4.05. The molecule has 0 aromatic heterocycles. The van der Waals surface area contributed by atoms with Crippen LogP contribution in [0, 0.1) is 11.8 Å². The maximum absolute atomic E-state index is 11.4. The largest absolute Gasteiger partial charge is 0.480 e. The summed E-state index contributed by atoms with van der Waals surface area (Å²) in [6.07, 6.45) is -0.721. The zero-order chi connectivity index (χ0) is 14.1. The van der Waals surface area contributed by atoms with E-state index >= 15 is 0 Å². The fourth-order valence-corrected chi connectivity index (χ4v) is 1.31. The molecule has 0 aliphatic rings. The molecule has 19 heavy (non-hydrogen) atoms. The van der Waals surface area contributed by atoms with Crippen LogP contribution in [0.15, 0.2) is 30.3 Å². The van der Waals surface area contributed by atoms with E-state index in [4.69, 9.17) is 9.84 Å². The summed E-state index contributed by atoms with van der Waals surface area (Å²) >= 11 is 0. The maximum atomic E-state index is 11.4. The molecule has 0 spiro atoms. The third kappa shape index (κ3) is 5.59. The molecule has 0 radical (unpaired) electrons. The fourth-order valence-electron chi connectivity index (χ4n) is 1.31. The lowest BCUT2D eigenvalue weighted by atomic mass is 10.2. The zero-order valence-electron chi connectivity index (χ0n) is 10.6. The molecule has 0 saturated carbocycles. The summed E-state index contributed by atoms with van der Waals surface area (Å²) in [5.41, 5.74) is 0.831. The predicted molar refractivity (Wildman–Crippen MR) is 69.3 cm³/mol. The average molecular weight is 261 g/mol. The van der Waals surface area contributed by atoms with Crippen LogP contribution < -0.4 is 5.32 Å². The van der Waals surface area contributed by atoms with E-state index in [2.05, 4.69) is 17.2 Å². The van der Waals surface area contributed by atoms with Crippen molar-refractivity contribution in [3.05, 3.63) is 35.9 Å². The van der Waals surface area contributed by atoms with Crippen molar-refractivity contribution < 1.29 is 19.4 Å². The highest BCUT2D eigenvalue weighted by molar-refractivity contribution is 5.80. The summed E-state index contributed by atoms with van der Waals surface area (Å²) in [5, 5.41) is 11.2. The molecule has 0 aliphatic heterocycles. The Balaban J connectivity index is 2.44. The van der Waals surface area contributed by atoms with E-state index < -0.39 is 18.1 Å². The summed E-state index contributed by atoms with van der Waals surface area (Å²) in [4.78, 5) is 22.3. The van der Waals surface area contributed by atoms with E-state index in [-0.39, 0.29) is 13.0 Å². The summed E-state index contributed by atoms with van der Waals surface area (Å²) < 4.78 is 4.93. The molecule has 0 unspecified atom stereocenters. The minimum Gasteiger partial charge on any atom is -0.480 e. The molecule has 2 N–H and O–H groups in total. The Bertz CT molecular complexity index is 487. The molecule has 1 aromatic rings. The molecule has 0 bridgehead atoms. The van der Waals surface area contributed by atoms with Gasteiger partial charge in [-0.1, -0.05) is 30.3 Å². The Labute approximate surface area is 111 Å². The number of hydrogen-bond donors (Lipinski definition) is 2. The molecular formula is C14H15NO4. The standard InChI is InChI=1S/C14H15NO4/c1-2-3-9-12(13(16)17)15-14(18)19-10-11-7-5-4-6-8-11/h4-8,12H,9-10H2,1H3,(H,15,18)(H,16,17)/t12-/m0/s1. The van der Waals surface area contributed by atoms with Crippen LogP contribution >= 0.6 is 0 Å². The second-order valence-electron chi connectivity index (χ2n) is 3.73. The molecule has 5 nitrogen and oxygen atoms in total. The van der Waals surface area contributed by atoms with Gasteiger partial charge in [-0.05, 0) is 12.5 Å². The number of carboxylic acid groups (broad SMARTS) is 1. The van der Waals surface area contributed by atoms with Gasteiger partial charge in [0.2, 0.25) is 0 Å². The highest BCUT2D eigenvalue weighted by atomic mass is 16.5. The summed E-state index contributed by atoms with van der Waals surface area (Å²) in [6, 6.07) is 8.07. The van der Waals surface area contributed by atoms with Gasteiger partial charge in [0.25, 0.3) is 0 Å². The van der Waals surface area contributed by atoms with E-state index in [1.54, 1.807) is 6.92 Å². The molecule has 1 aromatic carbocycles. The number of rotatable bonds is 5. The van der Waals surface area contributed by atoms with Gasteiger partial charge in [0.15, 0.2) is 0 Å². The first-order chi connectivity index (χ1) is 9.13. The summed E-state index contributed by atoms with van der Waals surface area (Å²) in [6.45, 7) is 1.70. The number of carbonyl (C=O) groups is 2. The molecule has 0 fully saturated rings. The van der Waals surface area contributed by atoms with Crippen molar-refractivity contribution in [2.45, 2.75) is 26.0 Å². The molecule has 0 saturated heterocycles. The van der Waals surface area contributed by atoms with Gasteiger partial charge in [0.1, 0.15) is 12.6 Å². The highest BCUT2D eigenvalue weighted by Gasteiger charge is 2.19. The number of carboxylic acids is 1. The Morgan fingerprint density at radius 3 is 2.63 bits per heavy atom. The van der Waals surface area contributed by atoms with Gasteiger partial charge >= 0.3 is 12.1 Å². The first-order valence-electron chi connectivity index (χ1n) is 5.73. The molecule has 5 heteroatoms. The van der Waals surface area contributed by atoms with Crippen LogP contribution in [-0.4, -0.2) is 23.2 Å². The smallest absolute Gasteiger partial charge is 0.408 e. The number of alkyl carbamates (subject to hydrolysis) is 1. The Kier molecular flexibility index (Phi) is 5.96. The van der Waals surface area contributed by atoms with Gasteiger partial charge in [-0.25, -0.2) is 9.59 Å². The monoisotopic (exact) mass is 261 g/mol. The van der Waals surface area contributed by atoms with Gasteiger partial charge in [-0.15, -0.1) is 11.8 Å². The molecule has 0 aliphatic carbocycles. The second-order valence-corrected chi connectivity index (χ2v) is 3.73. The predicted octanol–water partition coefficient (Wildman–Crippen LogP) is 1.78. The number of nitrogens with one attached hydrogen (secondary N) is 1. The molecule has 1 atom stereocenters.